The van der Waals surface area contributed by atoms with Gasteiger partial charge in [-0.2, -0.15) is 0 Å². The molecule has 12 heavy (non-hydrogen) atoms. The van der Waals surface area contributed by atoms with Crippen LogP contribution in [0.5, 0.6) is 0 Å². The van der Waals surface area contributed by atoms with E-state index in [0.717, 1.165) is 18.8 Å². The summed E-state index contributed by atoms with van der Waals surface area (Å²) >= 11 is 0. The number of allylic oxidation sites excluding steroid dienone is 1. The van der Waals surface area contributed by atoms with Gasteiger partial charge in [0.2, 0.25) is 0 Å². The molecule has 1 N–H and O–H groups in total. The number of carbonyl (C=O) groups is 1. The van der Waals surface area contributed by atoms with Crippen molar-refractivity contribution >= 4 is 5.97 Å². The van der Waals surface area contributed by atoms with E-state index in [0.29, 0.717) is 13.2 Å². The number of rotatable bonds is 2. The van der Waals surface area contributed by atoms with E-state index in [1.165, 1.54) is 6.08 Å². The first-order valence-electron chi connectivity index (χ1n) is 3.94. The molecule has 0 unspecified atom stereocenters. The van der Waals surface area contributed by atoms with E-state index in [1.54, 1.807) is 6.92 Å². The van der Waals surface area contributed by atoms with Crippen molar-refractivity contribution in [3.05, 3.63) is 11.8 Å². The predicted octanol–water partition coefficient (Wildman–Crippen LogP) is 0.307. The third-order valence-electron chi connectivity index (χ3n) is 1.84. The minimum absolute atomic E-state index is 0.685. The van der Waals surface area contributed by atoms with Crippen molar-refractivity contribution in [2.75, 3.05) is 26.3 Å². The number of hydrogen-bond donors (Lipinski definition) is 1. The Kier molecular flexibility index (Phi) is 3.10. The molecule has 1 aliphatic heterocycles. The van der Waals surface area contributed by atoms with Crippen molar-refractivity contribution in [1.29, 1.82) is 0 Å². The highest BCUT2D eigenvalue weighted by Crippen LogP contribution is 2.05. The summed E-state index contributed by atoms with van der Waals surface area (Å²) in [5, 5.41) is 8.48. The lowest BCUT2D eigenvalue weighted by Crippen LogP contribution is -2.35. The van der Waals surface area contributed by atoms with Crippen LogP contribution in [0, 0.1) is 0 Å². The van der Waals surface area contributed by atoms with E-state index in [-0.39, 0.29) is 0 Å². The first-order valence-corrected chi connectivity index (χ1v) is 3.94. The van der Waals surface area contributed by atoms with Crippen molar-refractivity contribution < 1.29 is 14.6 Å². The molecule has 1 saturated heterocycles. The Morgan fingerprint density at radius 1 is 1.50 bits per heavy atom. The van der Waals surface area contributed by atoms with Crippen LogP contribution < -0.4 is 0 Å². The van der Waals surface area contributed by atoms with Crippen LogP contribution in [0.25, 0.3) is 0 Å². The Labute approximate surface area is 71.4 Å². The highest BCUT2D eigenvalue weighted by Gasteiger charge is 2.10. The Bertz CT molecular complexity index is 194. The van der Waals surface area contributed by atoms with Gasteiger partial charge in [0.15, 0.2) is 0 Å². The van der Waals surface area contributed by atoms with Crippen molar-refractivity contribution in [2.45, 2.75) is 6.92 Å². The van der Waals surface area contributed by atoms with Gasteiger partial charge in [-0.05, 0) is 6.92 Å². The topological polar surface area (TPSA) is 49.8 Å². The van der Waals surface area contributed by atoms with Gasteiger partial charge in [-0.3, -0.25) is 0 Å². The van der Waals surface area contributed by atoms with Crippen molar-refractivity contribution in [2.24, 2.45) is 0 Å². The number of nitrogens with zero attached hydrogens (tertiary/aromatic N) is 1. The Balaban J connectivity index is 2.49. The predicted molar refractivity (Wildman–Crippen MR) is 43.8 cm³/mol. The molecule has 68 valence electrons. The lowest BCUT2D eigenvalue weighted by molar-refractivity contribution is -0.131. The summed E-state index contributed by atoms with van der Waals surface area (Å²) in [7, 11) is 0. The minimum Gasteiger partial charge on any atom is -0.478 e. The van der Waals surface area contributed by atoms with E-state index in [9.17, 15) is 4.79 Å². The van der Waals surface area contributed by atoms with Gasteiger partial charge >= 0.3 is 5.97 Å². The summed E-state index contributed by atoms with van der Waals surface area (Å²) in [6.07, 6.45) is 1.23. The highest BCUT2D eigenvalue weighted by molar-refractivity contribution is 5.80. The van der Waals surface area contributed by atoms with Crippen LogP contribution in [0.15, 0.2) is 11.8 Å². The van der Waals surface area contributed by atoms with E-state index < -0.39 is 5.97 Å². The number of carboxylic acids is 1. The molecule has 4 nitrogen and oxygen atoms in total. The van der Waals surface area contributed by atoms with Gasteiger partial charge in [0, 0.05) is 24.9 Å². The molecule has 1 rings (SSSR count). The van der Waals surface area contributed by atoms with E-state index >= 15 is 0 Å². The van der Waals surface area contributed by atoms with Crippen LogP contribution in [-0.2, 0) is 9.53 Å². The Morgan fingerprint density at radius 2 is 2.08 bits per heavy atom. The maximum absolute atomic E-state index is 10.3. The lowest BCUT2D eigenvalue weighted by atomic mass is 10.3. The minimum atomic E-state index is -0.890. The van der Waals surface area contributed by atoms with Gasteiger partial charge in [0.1, 0.15) is 0 Å². The fourth-order valence-electron chi connectivity index (χ4n) is 1.19. The average molecular weight is 171 g/mol. The number of aliphatic carboxylic acids is 1. The molecule has 0 bridgehead atoms. The Hall–Kier alpha value is -1.03. The van der Waals surface area contributed by atoms with Crippen molar-refractivity contribution in [1.82, 2.24) is 4.90 Å². The van der Waals surface area contributed by atoms with Crippen LogP contribution in [0.1, 0.15) is 6.92 Å². The summed E-state index contributed by atoms with van der Waals surface area (Å²) in [5.74, 6) is -0.890. The quantitative estimate of drug-likeness (QED) is 0.607. The number of ether oxygens (including phenoxy) is 1. The standard InChI is InChI=1S/C8H13NO3/c1-7(6-8(10)11)9-2-4-12-5-3-9/h6H,2-5H2,1H3,(H,10,11)/b7-6+. The maximum atomic E-state index is 10.3. The van der Waals surface area contributed by atoms with Crippen LogP contribution in [0.3, 0.4) is 0 Å². The van der Waals surface area contributed by atoms with Crippen LogP contribution in [0.4, 0.5) is 0 Å². The van der Waals surface area contributed by atoms with E-state index in [1.807, 2.05) is 4.90 Å². The molecule has 1 heterocycles. The highest BCUT2D eigenvalue weighted by atomic mass is 16.5. The fraction of sp³-hybridized carbons (Fsp3) is 0.625. The molecule has 0 saturated carbocycles. The Morgan fingerprint density at radius 3 is 2.58 bits per heavy atom. The second-order valence-electron chi connectivity index (χ2n) is 2.72. The van der Waals surface area contributed by atoms with Crippen LogP contribution in [0.2, 0.25) is 0 Å². The summed E-state index contributed by atoms with van der Waals surface area (Å²) in [4.78, 5) is 12.3. The second kappa shape index (κ2) is 4.11. The molecule has 1 fully saturated rings. The fourth-order valence-corrected chi connectivity index (χ4v) is 1.19. The van der Waals surface area contributed by atoms with Gasteiger partial charge in [0.05, 0.1) is 13.2 Å². The SMILES string of the molecule is C/C(=C\C(=O)O)N1CCOCC1. The summed E-state index contributed by atoms with van der Waals surface area (Å²) < 4.78 is 5.14. The summed E-state index contributed by atoms with van der Waals surface area (Å²) in [6, 6.07) is 0. The maximum Gasteiger partial charge on any atom is 0.330 e. The second-order valence-corrected chi connectivity index (χ2v) is 2.72. The third-order valence-corrected chi connectivity index (χ3v) is 1.84. The van der Waals surface area contributed by atoms with E-state index in [2.05, 4.69) is 0 Å². The van der Waals surface area contributed by atoms with Gasteiger partial charge in [-0.15, -0.1) is 0 Å². The summed E-state index contributed by atoms with van der Waals surface area (Å²) in [5.41, 5.74) is 0.797. The third kappa shape index (κ3) is 2.54. The van der Waals surface area contributed by atoms with Gasteiger partial charge in [0.25, 0.3) is 0 Å². The summed E-state index contributed by atoms with van der Waals surface area (Å²) in [6.45, 7) is 4.75. The molecule has 0 amide bonds. The number of morpholine rings is 1. The molecule has 0 atom stereocenters. The van der Waals surface area contributed by atoms with Gasteiger partial charge in [-0.25, -0.2) is 4.79 Å². The van der Waals surface area contributed by atoms with E-state index in [4.69, 9.17) is 9.84 Å². The lowest BCUT2D eigenvalue weighted by Gasteiger charge is -2.28. The zero-order valence-electron chi connectivity index (χ0n) is 7.12. The first-order chi connectivity index (χ1) is 5.70. The molecular formula is C8H13NO3. The van der Waals surface area contributed by atoms with Gasteiger partial charge < -0.3 is 14.7 Å². The zero-order valence-corrected chi connectivity index (χ0v) is 7.12. The van der Waals surface area contributed by atoms with Crippen LogP contribution >= 0.6 is 0 Å². The number of hydrogen-bond acceptors (Lipinski definition) is 3. The van der Waals surface area contributed by atoms with Gasteiger partial charge in [-0.1, -0.05) is 0 Å². The molecule has 1 aliphatic rings. The molecule has 0 radical (unpaired) electrons. The molecule has 0 aromatic heterocycles. The monoisotopic (exact) mass is 171 g/mol. The van der Waals surface area contributed by atoms with Crippen molar-refractivity contribution in [3.63, 3.8) is 0 Å². The molecule has 0 aromatic carbocycles. The molecule has 0 spiro atoms. The average Bonchev–Trinajstić information content (AvgIpc) is 2.05. The van der Waals surface area contributed by atoms with Crippen LogP contribution in [-0.4, -0.2) is 42.3 Å². The number of carboxylic acid groups (broad SMARTS) is 1. The zero-order chi connectivity index (χ0) is 8.97. The largest absolute Gasteiger partial charge is 0.478 e. The van der Waals surface area contributed by atoms with Crippen molar-refractivity contribution in [3.8, 4) is 0 Å². The molecule has 0 aliphatic carbocycles. The first kappa shape index (κ1) is 9.06. The smallest absolute Gasteiger partial charge is 0.330 e. The molecular weight excluding hydrogens is 158 g/mol. The normalized spacial score (nSPS) is 19.4. The molecule has 4 heteroatoms. The molecule has 0 aromatic rings.